The van der Waals surface area contributed by atoms with Crippen molar-refractivity contribution >= 4 is 12.4 Å². The van der Waals surface area contributed by atoms with Crippen molar-refractivity contribution in [3.63, 3.8) is 0 Å². The Bertz CT molecular complexity index is 423. The molecule has 0 aromatic carbocycles. The minimum absolute atomic E-state index is 0. The Kier molecular flexibility index (Phi) is 4.18. The number of aromatic nitrogens is 1. The molecular formula is C16H23ClN2O. The molecule has 1 saturated carbocycles. The Labute approximate surface area is 127 Å². The molecule has 4 heteroatoms. The first-order valence-electron chi connectivity index (χ1n) is 7.74. The predicted octanol–water partition coefficient (Wildman–Crippen LogP) is 3.43. The first-order valence-corrected chi connectivity index (χ1v) is 7.74. The summed E-state index contributed by atoms with van der Waals surface area (Å²) in [6.07, 6.45) is 13.5. The smallest absolute Gasteiger partial charge is 0.137 e. The highest BCUT2D eigenvalue weighted by molar-refractivity contribution is 5.85. The summed E-state index contributed by atoms with van der Waals surface area (Å²) >= 11 is 0. The molecular weight excluding hydrogens is 272 g/mol. The molecule has 1 aromatic rings. The van der Waals surface area contributed by atoms with Gasteiger partial charge in [-0.25, -0.2) is 0 Å². The average molecular weight is 295 g/mol. The van der Waals surface area contributed by atoms with Crippen molar-refractivity contribution in [1.29, 1.82) is 0 Å². The zero-order chi connectivity index (χ0) is 12.7. The van der Waals surface area contributed by atoms with Crippen LogP contribution in [0.3, 0.4) is 0 Å². The van der Waals surface area contributed by atoms with E-state index < -0.39 is 0 Å². The molecule has 3 fully saturated rings. The Morgan fingerprint density at radius 1 is 1.05 bits per heavy atom. The molecule has 1 aliphatic carbocycles. The SMILES string of the molecule is Cl.c1cncc(OC2CC3CCC(C2)N3C2CCC2)c1. The lowest BCUT2D eigenvalue weighted by molar-refractivity contribution is -0.00235. The van der Waals surface area contributed by atoms with Crippen LogP contribution in [0.1, 0.15) is 44.9 Å². The third kappa shape index (κ3) is 2.53. The van der Waals surface area contributed by atoms with Gasteiger partial charge in [0, 0.05) is 24.3 Å². The van der Waals surface area contributed by atoms with Crippen molar-refractivity contribution in [1.82, 2.24) is 9.88 Å². The summed E-state index contributed by atoms with van der Waals surface area (Å²) in [6, 6.07) is 6.44. The van der Waals surface area contributed by atoms with Gasteiger partial charge in [-0.05, 0) is 50.7 Å². The van der Waals surface area contributed by atoms with Crippen LogP contribution in [0.4, 0.5) is 0 Å². The number of ether oxygens (including phenoxy) is 1. The second-order valence-electron chi connectivity index (χ2n) is 6.32. The molecule has 3 heterocycles. The number of piperidine rings is 1. The summed E-state index contributed by atoms with van der Waals surface area (Å²) in [5, 5.41) is 0. The van der Waals surface area contributed by atoms with E-state index in [4.69, 9.17) is 4.74 Å². The maximum absolute atomic E-state index is 6.13. The van der Waals surface area contributed by atoms with Gasteiger partial charge in [0.2, 0.25) is 0 Å². The molecule has 110 valence electrons. The molecule has 4 rings (SSSR count). The molecule has 0 radical (unpaired) electrons. The number of pyridine rings is 1. The second-order valence-corrected chi connectivity index (χ2v) is 6.32. The zero-order valence-corrected chi connectivity index (χ0v) is 12.6. The molecule has 2 atom stereocenters. The third-order valence-corrected chi connectivity index (χ3v) is 5.18. The minimum atomic E-state index is 0. The molecule has 0 spiro atoms. The van der Waals surface area contributed by atoms with E-state index in [0.717, 1.165) is 23.9 Å². The van der Waals surface area contributed by atoms with Crippen LogP contribution in [0.15, 0.2) is 24.5 Å². The van der Waals surface area contributed by atoms with Crippen molar-refractivity contribution < 1.29 is 4.74 Å². The molecule has 0 amide bonds. The fourth-order valence-electron chi connectivity index (χ4n) is 4.15. The molecule has 2 unspecified atom stereocenters. The Balaban J connectivity index is 0.00000121. The lowest BCUT2D eigenvalue weighted by Crippen LogP contribution is -2.53. The van der Waals surface area contributed by atoms with Crippen molar-refractivity contribution in [2.75, 3.05) is 0 Å². The Morgan fingerprint density at radius 3 is 2.35 bits per heavy atom. The molecule has 3 aliphatic rings. The Morgan fingerprint density at radius 2 is 1.80 bits per heavy atom. The number of nitrogens with zero attached hydrogens (tertiary/aromatic N) is 2. The maximum Gasteiger partial charge on any atom is 0.137 e. The number of rotatable bonds is 3. The van der Waals surface area contributed by atoms with Gasteiger partial charge in [-0.3, -0.25) is 9.88 Å². The van der Waals surface area contributed by atoms with Crippen LogP contribution in [-0.4, -0.2) is 34.1 Å². The molecule has 0 N–H and O–H groups in total. The minimum Gasteiger partial charge on any atom is -0.489 e. The third-order valence-electron chi connectivity index (χ3n) is 5.18. The molecule has 3 nitrogen and oxygen atoms in total. The second kappa shape index (κ2) is 5.90. The van der Waals surface area contributed by atoms with E-state index in [9.17, 15) is 0 Å². The normalized spacial score (nSPS) is 33.3. The van der Waals surface area contributed by atoms with Crippen LogP contribution in [0.5, 0.6) is 5.75 Å². The summed E-state index contributed by atoms with van der Waals surface area (Å²) in [4.78, 5) is 6.97. The van der Waals surface area contributed by atoms with Crippen molar-refractivity contribution in [2.45, 2.75) is 69.2 Å². The average Bonchev–Trinajstić information content (AvgIpc) is 2.62. The summed E-state index contributed by atoms with van der Waals surface area (Å²) in [5.41, 5.74) is 0. The lowest BCUT2D eigenvalue weighted by Gasteiger charge is -2.46. The summed E-state index contributed by atoms with van der Waals surface area (Å²) in [5.74, 6) is 0.934. The van der Waals surface area contributed by atoms with Gasteiger partial charge < -0.3 is 4.74 Å². The standard InChI is InChI=1S/C16H22N2O.ClH/c1-3-12(4-1)18-13-6-7-14(18)10-16(9-13)19-15-5-2-8-17-11-15;/h2,5,8,11-14,16H,1,3-4,6-7,9-10H2;1H. The van der Waals surface area contributed by atoms with Crippen LogP contribution in [0, 0.1) is 0 Å². The van der Waals surface area contributed by atoms with Gasteiger partial charge >= 0.3 is 0 Å². The molecule has 2 bridgehead atoms. The number of halogens is 1. The van der Waals surface area contributed by atoms with Gasteiger partial charge in [-0.1, -0.05) is 6.42 Å². The van der Waals surface area contributed by atoms with E-state index >= 15 is 0 Å². The highest BCUT2D eigenvalue weighted by atomic mass is 35.5. The first kappa shape index (κ1) is 14.2. The van der Waals surface area contributed by atoms with Gasteiger partial charge in [0.15, 0.2) is 0 Å². The van der Waals surface area contributed by atoms with Gasteiger partial charge in [0.25, 0.3) is 0 Å². The lowest BCUT2D eigenvalue weighted by atomic mass is 9.87. The molecule has 1 aromatic heterocycles. The topological polar surface area (TPSA) is 25.4 Å². The van der Waals surface area contributed by atoms with E-state index in [2.05, 4.69) is 9.88 Å². The van der Waals surface area contributed by atoms with Crippen LogP contribution < -0.4 is 4.74 Å². The number of fused-ring (bicyclic) bond motifs is 2. The van der Waals surface area contributed by atoms with Crippen molar-refractivity contribution in [3.8, 4) is 5.75 Å². The summed E-state index contributed by atoms with van der Waals surface area (Å²) in [7, 11) is 0. The van der Waals surface area contributed by atoms with E-state index in [-0.39, 0.29) is 12.4 Å². The summed E-state index contributed by atoms with van der Waals surface area (Å²) in [6.45, 7) is 0. The van der Waals surface area contributed by atoms with Gasteiger partial charge in [0.1, 0.15) is 11.9 Å². The summed E-state index contributed by atoms with van der Waals surface area (Å²) < 4.78 is 6.13. The van der Waals surface area contributed by atoms with Gasteiger partial charge in [-0.15, -0.1) is 12.4 Å². The van der Waals surface area contributed by atoms with Crippen LogP contribution >= 0.6 is 12.4 Å². The van der Waals surface area contributed by atoms with Crippen molar-refractivity contribution in [2.24, 2.45) is 0 Å². The fourth-order valence-corrected chi connectivity index (χ4v) is 4.15. The van der Waals surface area contributed by atoms with E-state index in [1.165, 1.54) is 44.9 Å². The van der Waals surface area contributed by atoms with Crippen LogP contribution in [0.2, 0.25) is 0 Å². The quantitative estimate of drug-likeness (QED) is 0.854. The predicted molar refractivity (Wildman–Crippen MR) is 81.4 cm³/mol. The van der Waals surface area contributed by atoms with Crippen molar-refractivity contribution in [3.05, 3.63) is 24.5 Å². The monoisotopic (exact) mass is 294 g/mol. The maximum atomic E-state index is 6.13. The number of hydrogen-bond donors (Lipinski definition) is 0. The Hall–Kier alpha value is -0.800. The largest absolute Gasteiger partial charge is 0.489 e. The highest BCUT2D eigenvalue weighted by Gasteiger charge is 2.45. The fraction of sp³-hybridized carbons (Fsp3) is 0.688. The zero-order valence-electron chi connectivity index (χ0n) is 11.8. The van der Waals surface area contributed by atoms with Crippen LogP contribution in [-0.2, 0) is 0 Å². The van der Waals surface area contributed by atoms with E-state index in [1.807, 2.05) is 18.3 Å². The molecule has 20 heavy (non-hydrogen) atoms. The molecule has 2 aliphatic heterocycles. The van der Waals surface area contributed by atoms with E-state index in [1.54, 1.807) is 6.20 Å². The first-order chi connectivity index (χ1) is 9.40. The van der Waals surface area contributed by atoms with Gasteiger partial charge in [-0.2, -0.15) is 0 Å². The van der Waals surface area contributed by atoms with E-state index in [0.29, 0.717) is 6.10 Å². The van der Waals surface area contributed by atoms with Gasteiger partial charge in [0.05, 0.1) is 6.20 Å². The number of hydrogen-bond acceptors (Lipinski definition) is 3. The van der Waals surface area contributed by atoms with Crippen LogP contribution in [0.25, 0.3) is 0 Å². The highest BCUT2D eigenvalue weighted by Crippen LogP contribution is 2.42. The molecule has 2 saturated heterocycles.